The third kappa shape index (κ3) is 2.72. The van der Waals surface area contributed by atoms with E-state index in [9.17, 15) is 0 Å². The van der Waals surface area contributed by atoms with Crippen LogP contribution in [0.1, 0.15) is 24.0 Å². The van der Waals surface area contributed by atoms with Crippen molar-refractivity contribution in [2.45, 2.75) is 32.7 Å². The molecule has 1 saturated heterocycles. The number of ether oxygens (including phenoxy) is 1. The van der Waals surface area contributed by atoms with Gasteiger partial charge in [0.05, 0.1) is 7.11 Å². The molecular formula is C14H22N2O. The van der Waals surface area contributed by atoms with Crippen molar-refractivity contribution >= 4 is 5.69 Å². The Bertz CT molecular complexity index is 384. The molecule has 3 heteroatoms. The first-order valence-electron chi connectivity index (χ1n) is 6.34. The molecule has 1 aliphatic heterocycles. The van der Waals surface area contributed by atoms with Gasteiger partial charge in [0, 0.05) is 18.3 Å². The van der Waals surface area contributed by atoms with Crippen LogP contribution in [0.15, 0.2) is 12.1 Å². The van der Waals surface area contributed by atoms with Gasteiger partial charge in [0.25, 0.3) is 0 Å². The van der Waals surface area contributed by atoms with Gasteiger partial charge in [0.1, 0.15) is 5.75 Å². The summed E-state index contributed by atoms with van der Waals surface area (Å²) in [7, 11) is 1.72. The van der Waals surface area contributed by atoms with Crippen molar-refractivity contribution in [1.29, 1.82) is 0 Å². The van der Waals surface area contributed by atoms with Crippen LogP contribution in [0.2, 0.25) is 0 Å². The lowest BCUT2D eigenvalue weighted by molar-refractivity contribution is 0.411. The SMILES string of the molecule is COc1ccc(NCC2CCCN2)c(C)c1C. The van der Waals surface area contributed by atoms with Crippen molar-refractivity contribution in [3.63, 3.8) is 0 Å². The third-order valence-corrected chi connectivity index (χ3v) is 3.66. The predicted molar refractivity (Wildman–Crippen MR) is 72.0 cm³/mol. The molecule has 1 aliphatic rings. The van der Waals surface area contributed by atoms with Crippen LogP contribution in [0.5, 0.6) is 5.75 Å². The van der Waals surface area contributed by atoms with Crippen LogP contribution in [0, 0.1) is 13.8 Å². The van der Waals surface area contributed by atoms with Crippen LogP contribution in [0.3, 0.4) is 0 Å². The molecule has 1 unspecified atom stereocenters. The molecule has 0 amide bonds. The van der Waals surface area contributed by atoms with Gasteiger partial charge < -0.3 is 15.4 Å². The Morgan fingerprint density at radius 3 is 2.82 bits per heavy atom. The number of benzene rings is 1. The minimum absolute atomic E-state index is 0.622. The summed E-state index contributed by atoms with van der Waals surface area (Å²) < 4.78 is 5.32. The minimum Gasteiger partial charge on any atom is -0.496 e. The van der Waals surface area contributed by atoms with E-state index in [0.717, 1.165) is 18.8 Å². The predicted octanol–water partition coefficient (Wildman–Crippen LogP) is 2.48. The topological polar surface area (TPSA) is 33.3 Å². The molecule has 94 valence electrons. The van der Waals surface area contributed by atoms with E-state index >= 15 is 0 Å². The maximum absolute atomic E-state index is 5.32. The quantitative estimate of drug-likeness (QED) is 0.839. The van der Waals surface area contributed by atoms with Gasteiger partial charge in [0.2, 0.25) is 0 Å². The van der Waals surface area contributed by atoms with Crippen LogP contribution in [-0.2, 0) is 0 Å². The number of methoxy groups -OCH3 is 1. The highest BCUT2D eigenvalue weighted by atomic mass is 16.5. The number of anilines is 1. The molecule has 1 heterocycles. The monoisotopic (exact) mass is 234 g/mol. The van der Waals surface area contributed by atoms with E-state index in [-0.39, 0.29) is 0 Å². The van der Waals surface area contributed by atoms with Crippen molar-refractivity contribution in [3.05, 3.63) is 23.3 Å². The minimum atomic E-state index is 0.622. The lowest BCUT2D eigenvalue weighted by Gasteiger charge is -2.17. The van der Waals surface area contributed by atoms with Crippen molar-refractivity contribution < 1.29 is 4.74 Å². The summed E-state index contributed by atoms with van der Waals surface area (Å²) in [6.07, 6.45) is 2.58. The molecule has 2 N–H and O–H groups in total. The Balaban J connectivity index is 2.03. The summed E-state index contributed by atoms with van der Waals surface area (Å²) in [5.41, 5.74) is 3.72. The number of hydrogen-bond donors (Lipinski definition) is 2. The van der Waals surface area contributed by atoms with Crippen molar-refractivity contribution in [2.24, 2.45) is 0 Å². The molecule has 1 aromatic carbocycles. The average molecular weight is 234 g/mol. The van der Waals surface area contributed by atoms with Crippen LogP contribution in [0.25, 0.3) is 0 Å². The zero-order valence-electron chi connectivity index (χ0n) is 11.0. The van der Waals surface area contributed by atoms with Gasteiger partial charge in [-0.25, -0.2) is 0 Å². The molecule has 0 aliphatic carbocycles. The van der Waals surface area contributed by atoms with Gasteiger partial charge in [-0.2, -0.15) is 0 Å². The smallest absolute Gasteiger partial charge is 0.122 e. The van der Waals surface area contributed by atoms with E-state index in [4.69, 9.17) is 4.74 Å². The molecule has 0 saturated carbocycles. The Morgan fingerprint density at radius 1 is 1.35 bits per heavy atom. The molecule has 17 heavy (non-hydrogen) atoms. The van der Waals surface area contributed by atoms with Crippen LogP contribution >= 0.6 is 0 Å². The first-order valence-corrected chi connectivity index (χ1v) is 6.34. The second-order valence-corrected chi connectivity index (χ2v) is 4.74. The zero-order valence-corrected chi connectivity index (χ0v) is 11.0. The summed E-state index contributed by atoms with van der Waals surface area (Å²) in [5.74, 6) is 0.965. The lowest BCUT2D eigenvalue weighted by Crippen LogP contribution is -2.29. The van der Waals surface area contributed by atoms with Gasteiger partial charge in [-0.05, 0) is 56.5 Å². The fourth-order valence-corrected chi connectivity index (χ4v) is 2.37. The molecule has 0 spiro atoms. The lowest BCUT2D eigenvalue weighted by atomic mass is 10.1. The van der Waals surface area contributed by atoms with E-state index in [0.29, 0.717) is 6.04 Å². The first-order chi connectivity index (χ1) is 8.22. The number of hydrogen-bond acceptors (Lipinski definition) is 3. The van der Waals surface area contributed by atoms with Gasteiger partial charge in [-0.3, -0.25) is 0 Å². The zero-order chi connectivity index (χ0) is 12.3. The van der Waals surface area contributed by atoms with E-state index in [1.54, 1.807) is 7.11 Å². The summed E-state index contributed by atoms with van der Waals surface area (Å²) in [6.45, 7) is 6.41. The Labute approximate surface area is 104 Å². The first kappa shape index (κ1) is 12.2. The normalized spacial score (nSPS) is 19.4. The number of rotatable bonds is 4. The van der Waals surface area contributed by atoms with Crippen LogP contribution < -0.4 is 15.4 Å². The van der Waals surface area contributed by atoms with Crippen molar-refractivity contribution in [1.82, 2.24) is 5.32 Å². The highest BCUT2D eigenvalue weighted by molar-refractivity contribution is 5.58. The highest BCUT2D eigenvalue weighted by Gasteiger charge is 2.14. The molecule has 0 radical (unpaired) electrons. The Morgan fingerprint density at radius 2 is 2.18 bits per heavy atom. The maximum atomic E-state index is 5.32. The molecule has 0 aromatic heterocycles. The van der Waals surface area contributed by atoms with Gasteiger partial charge in [-0.1, -0.05) is 0 Å². The fourth-order valence-electron chi connectivity index (χ4n) is 2.37. The second kappa shape index (κ2) is 5.41. The van der Waals surface area contributed by atoms with Crippen molar-refractivity contribution in [2.75, 3.05) is 25.5 Å². The average Bonchev–Trinajstić information content (AvgIpc) is 2.84. The van der Waals surface area contributed by atoms with E-state index in [2.05, 4.69) is 30.5 Å². The molecular weight excluding hydrogens is 212 g/mol. The second-order valence-electron chi connectivity index (χ2n) is 4.74. The van der Waals surface area contributed by atoms with Crippen molar-refractivity contribution in [3.8, 4) is 5.75 Å². The van der Waals surface area contributed by atoms with Gasteiger partial charge in [-0.15, -0.1) is 0 Å². The molecule has 1 aromatic rings. The fraction of sp³-hybridized carbons (Fsp3) is 0.571. The Hall–Kier alpha value is -1.22. The molecule has 2 rings (SSSR count). The van der Waals surface area contributed by atoms with Crippen LogP contribution in [-0.4, -0.2) is 26.2 Å². The highest BCUT2D eigenvalue weighted by Crippen LogP contribution is 2.27. The van der Waals surface area contributed by atoms with E-state index in [1.807, 2.05) is 6.07 Å². The summed E-state index contributed by atoms with van der Waals surface area (Å²) in [4.78, 5) is 0. The molecule has 1 atom stereocenters. The Kier molecular flexibility index (Phi) is 3.89. The van der Waals surface area contributed by atoms with E-state index < -0.39 is 0 Å². The maximum Gasteiger partial charge on any atom is 0.122 e. The third-order valence-electron chi connectivity index (χ3n) is 3.66. The van der Waals surface area contributed by atoms with E-state index in [1.165, 1.54) is 29.7 Å². The molecule has 1 fully saturated rings. The molecule has 3 nitrogen and oxygen atoms in total. The number of nitrogens with one attached hydrogen (secondary N) is 2. The molecule has 0 bridgehead atoms. The summed E-state index contributed by atoms with van der Waals surface area (Å²) in [6, 6.07) is 4.76. The standard InChI is InChI=1S/C14H22N2O/c1-10-11(2)14(17-3)7-6-13(10)16-9-12-5-4-8-15-12/h6-7,12,15-16H,4-5,8-9H2,1-3H3. The summed E-state index contributed by atoms with van der Waals surface area (Å²) >= 11 is 0. The van der Waals surface area contributed by atoms with Gasteiger partial charge >= 0.3 is 0 Å². The summed E-state index contributed by atoms with van der Waals surface area (Å²) in [5, 5.41) is 7.03. The van der Waals surface area contributed by atoms with Crippen LogP contribution in [0.4, 0.5) is 5.69 Å². The van der Waals surface area contributed by atoms with Gasteiger partial charge in [0.15, 0.2) is 0 Å². The largest absolute Gasteiger partial charge is 0.496 e.